The summed E-state index contributed by atoms with van der Waals surface area (Å²) in [6, 6.07) is 0. The van der Waals surface area contributed by atoms with Gasteiger partial charge in [0.1, 0.15) is 18.3 Å². The molecule has 7 heteroatoms. The molecule has 6 aliphatic rings. The summed E-state index contributed by atoms with van der Waals surface area (Å²) in [4.78, 5) is 12.9. The third kappa shape index (κ3) is 3.92. The van der Waals surface area contributed by atoms with Crippen LogP contribution in [0.2, 0.25) is 0 Å². The standard InChI is InChI=1S/C35H54O7/c1-19-10-15-35(30(39)40)17-16-33(6)21(26(35)20(19)2)8-9-24-32(5)13-12-25(31(3,4)23(32)11-14-34(24,33)7)42-29-28(38)27(37)22(36)18-41-29/h8,19,22-25,27-29,36-38H,9-18H2,1-7H3,(H,39,40)/t19-,22-,23+,24-,25+,27-,28+,29+,32+,33-,34-,35+/m1/s1. The molecule has 6 rings (SSSR count). The Kier molecular flexibility index (Phi) is 7.23. The Labute approximate surface area is 251 Å². The smallest absolute Gasteiger partial charge is 0.314 e. The minimum atomic E-state index is -1.28. The molecule has 42 heavy (non-hydrogen) atoms. The van der Waals surface area contributed by atoms with Crippen LogP contribution in [0.15, 0.2) is 22.8 Å². The van der Waals surface area contributed by atoms with E-state index in [2.05, 4.69) is 54.5 Å². The van der Waals surface area contributed by atoms with Gasteiger partial charge >= 0.3 is 5.97 Å². The monoisotopic (exact) mass is 586 g/mol. The summed E-state index contributed by atoms with van der Waals surface area (Å²) in [7, 11) is 0. The van der Waals surface area contributed by atoms with Gasteiger partial charge in [0, 0.05) is 0 Å². The Morgan fingerprint density at radius 2 is 1.64 bits per heavy atom. The first kappa shape index (κ1) is 30.8. The van der Waals surface area contributed by atoms with Gasteiger partial charge in [-0.15, -0.1) is 0 Å². The van der Waals surface area contributed by atoms with Crippen LogP contribution in [-0.4, -0.2) is 63.7 Å². The van der Waals surface area contributed by atoms with Gasteiger partial charge in [0.15, 0.2) is 6.29 Å². The normalized spacial score (nSPS) is 51.9. The maximum absolute atomic E-state index is 12.9. The molecule has 0 aromatic rings. The van der Waals surface area contributed by atoms with Crippen LogP contribution in [0.5, 0.6) is 0 Å². The Morgan fingerprint density at radius 3 is 2.33 bits per heavy atom. The first-order chi connectivity index (χ1) is 19.5. The van der Waals surface area contributed by atoms with Crippen LogP contribution in [0.25, 0.3) is 0 Å². The van der Waals surface area contributed by atoms with Crippen LogP contribution >= 0.6 is 0 Å². The first-order valence-corrected chi connectivity index (χ1v) is 16.5. The minimum Gasteiger partial charge on any atom is -0.481 e. The molecule has 1 heterocycles. The van der Waals surface area contributed by atoms with Crippen LogP contribution in [-0.2, 0) is 14.3 Å². The second-order valence-corrected chi connectivity index (χ2v) is 16.4. The van der Waals surface area contributed by atoms with E-state index in [1.165, 1.54) is 16.7 Å². The van der Waals surface area contributed by atoms with E-state index < -0.39 is 36.0 Å². The van der Waals surface area contributed by atoms with Crippen LogP contribution in [0.3, 0.4) is 0 Å². The zero-order valence-electron chi connectivity index (χ0n) is 26.8. The number of hydrogen-bond acceptors (Lipinski definition) is 6. The van der Waals surface area contributed by atoms with Crippen molar-refractivity contribution in [2.45, 2.75) is 137 Å². The highest BCUT2D eigenvalue weighted by molar-refractivity contribution is 5.82. The molecule has 3 saturated carbocycles. The van der Waals surface area contributed by atoms with Gasteiger partial charge in [-0.05, 0) is 115 Å². The van der Waals surface area contributed by atoms with Crippen molar-refractivity contribution in [2.75, 3.05) is 6.61 Å². The molecular formula is C35H54O7. The summed E-state index contributed by atoms with van der Waals surface area (Å²) in [6.07, 6.45) is 6.07. The fourth-order valence-corrected chi connectivity index (χ4v) is 11.5. The molecule has 0 spiro atoms. The molecule has 4 N–H and O–H groups in total. The zero-order chi connectivity index (χ0) is 30.6. The molecule has 4 fully saturated rings. The van der Waals surface area contributed by atoms with Crippen molar-refractivity contribution in [3.8, 4) is 0 Å². The predicted molar refractivity (Wildman–Crippen MR) is 159 cm³/mol. The number of carbonyl (C=O) groups is 1. The summed E-state index contributed by atoms with van der Waals surface area (Å²) in [5.74, 6) is 0.671. The Hall–Kier alpha value is -1.25. The van der Waals surface area contributed by atoms with Crippen LogP contribution < -0.4 is 0 Å². The molecule has 0 aromatic heterocycles. The summed E-state index contributed by atoms with van der Waals surface area (Å²) in [5.41, 5.74) is 3.00. The molecule has 1 aliphatic heterocycles. The van der Waals surface area contributed by atoms with E-state index in [9.17, 15) is 25.2 Å². The van der Waals surface area contributed by atoms with Gasteiger partial charge in [0.25, 0.3) is 0 Å². The maximum Gasteiger partial charge on any atom is 0.314 e. The molecule has 0 bridgehead atoms. The number of hydrogen-bond donors (Lipinski definition) is 4. The first-order valence-electron chi connectivity index (χ1n) is 16.5. The molecule has 0 unspecified atom stereocenters. The summed E-state index contributed by atoms with van der Waals surface area (Å²) in [6.45, 7) is 16.5. The lowest BCUT2D eigenvalue weighted by atomic mass is 9.34. The van der Waals surface area contributed by atoms with E-state index in [0.717, 1.165) is 57.8 Å². The topological polar surface area (TPSA) is 116 Å². The third-order valence-corrected chi connectivity index (χ3v) is 14.5. The van der Waals surface area contributed by atoms with Gasteiger partial charge in [-0.2, -0.15) is 0 Å². The van der Waals surface area contributed by atoms with Crippen molar-refractivity contribution in [3.63, 3.8) is 0 Å². The number of carboxylic acid groups (broad SMARTS) is 1. The number of aliphatic carboxylic acids is 1. The van der Waals surface area contributed by atoms with Crippen molar-refractivity contribution in [1.82, 2.24) is 0 Å². The molecule has 236 valence electrons. The molecule has 12 atom stereocenters. The highest BCUT2D eigenvalue weighted by Crippen LogP contribution is 2.75. The van der Waals surface area contributed by atoms with Crippen molar-refractivity contribution in [2.24, 2.45) is 44.8 Å². The molecule has 0 amide bonds. The van der Waals surface area contributed by atoms with E-state index >= 15 is 0 Å². The lowest BCUT2D eigenvalue weighted by Crippen LogP contribution is -2.65. The SMILES string of the molecule is CC1=C2C3=CC[C@@H]4[C@@]5(C)CC[C@H](O[C@@H]6OC[C@@H](O)[C@@H](O)[C@@H]6O)C(C)(C)[C@@H]5CC[C@@]4(C)[C@]3(C)CC[C@@]2(C(=O)O)CC[C@H]1C. The van der Waals surface area contributed by atoms with Gasteiger partial charge in [0.05, 0.1) is 18.1 Å². The zero-order valence-corrected chi connectivity index (χ0v) is 26.8. The predicted octanol–water partition coefficient (Wildman–Crippen LogP) is 5.62. The second-order valence-electron chi connectivity index (χ2n) is 16.4. The molecule has 0 radical (unpaired) electrons. The molecule has 7 nitrogen and oxygen atoms in total. The Balaban J connectivity index is 1.33. The summed E-state index contributed by atoms with van der Waals surface area (Å²) in [5, 5.41) is 41.3. The van der Waals surface area contributed by atoms with E-state index in [1.54, 1.807) is 0 Å². The highest BCUT2D eigenvalue weighted by atomic mass is 16.7. The van der Waals surface area contributed by atoms with Crippen LogP contribution in [0, 0.1) is 44.8 Å². The van der Waals surface area contributed by atoms with Crippen LogP contribution in [0.4, 0.5) is 0 Å². The fraction of sp³-hybridized carbons (Fsp3) is 0.857. The average Bonchev–Trinajstić information content (AvgIpc) is 2.92. The molecule has 0 aromatic carbocycles. The van der Waals surface area contributed by atoms with E-state index in [4.69, 9.17) is 9.47 Å². The number of allylic oxidation sites excluding steroid dienone is 3. The van der Waals surface area contributed by atoms with Crippen molar-refractivity contribution in [1.29, 1.82) is 0 Å². The van der Waals surface area contributed by atoms with E-state index in [1.807, 2.05) is 0 Å². The van der Waals surface area contributed by atoms with Crippen molar-refractivity contribution < 1.29 is 34.7 Å². The van der Waals surface area contributed by atoms with E-state index in [0.29, 0.717) is 17.8 Å². The lowest BCUT2D eigenvalue weighted by Gasteiger charge is -2.70. The highest BCUT2D eigenvalue weighted by Gasteiger charge is 2.68. The molecular weight excluding hydrogens is 532 g/mol. The largest absolute Gasteiger partial charge is 0.481 e. The fourth-order valence-electron chi connectivity index (χ4n) is 11.5. The third-order valence-electron chi connectivity index (χ3n) is 14.5. The minimum absolute atomic E-state index is 0.0529. The number of aliphatic hydroxyl groups excluding tert-OH is 3. The van der Waals surface area contributed by atoms with E-state index in [-0.39, 0.29) is 34.4 Å². The molecule has 1 saturated heterocycles. The number of fused-ring (bicyclic) bond motifs is 7. The Morgan fingerprint density at radius 1 is 0.929 bits per heavy atom. The lowest BCUT2D eigenvalue weighted by molar-refractivity contribution is -0.308. The van der Waals surface area contributed by atoms with Crippen LogP contribution in [0.1, 0.15) is 106 Å². The maximum atomic E-state index is 12.9. The number of rotatable bonds is 3. The molecule has 5 aliphatic carbocycles. The summed E-state index contributed by atoms with van der Waals surface area (Å²) >= 11 is 0. The second kappa shape index (κ2) is 9.87. The van der Waals surface area contributed by atoms with Gasteiger partial charge in [-0.1, -0.05) is 53.2 Å². The van der Waals surface area contributed by atoms with Gasteiger partial charge in [-0.25, -0.2) is 0 Å². The Bertz CT molecular complexity index is 1190. The summed E-state index contributed by atoms with van der Waals surface area (Å²) < 4.78 is 12.1. The van der Waals surface area contributed by atoms with Crippen molar-refractivity contribution >= 4 is 5.97 Å². The van der Waals surface area contributed by atoms with Gasteiger partial charge in [0.2, 0.25) is 0 Å². The average molecular weight is 587 g/mol. The number of aliphatic hydroxyl groups is 3. The van der Waals surface area contributed by atoms with Crippen molar-refractivity contribution in [3.05, 3.63) is 22.8 Å². The number of carboxylic acids is 1. The van der Waals surface area contributed by atoms with Gasteiger partial charge in [-0.3, -0.25) is 4.79 Å². The number of ether oxygens (including phenoxy) is 2. The van der Waals surface area contributed by atoms with Gasteiger partial charge < -0.3 is 29.9 Å². The quantitative estimate of drug-likeness (QED) is 0.317.